The molecule has 4 heteroatoms. The first-order valence-electron chi connectivity index (χ1n) is 3.50. The molecule has 0 unspecified atom stereocenters. The van der Waals surface area contributed by atoms with Gasteiger partial charge in [-0.15, -0.1) is 0 Å². The van der Waals surface area contributed by atoms with E-state index in [1.54, 1.807) is 6.92 Å². The lowest BCUT2D eigenvalue weighted by molar-refractivity contribution is 0.591. The van der Waals surface area contributed by atoms with E-state index in [1.165, 1.54) is 0 Å². The third-order valence-corrected chi connectivity index (χ3v) is 2.79. The van der Waals surface area contributed by atoms with Gasteiger partial charge in [-0.25, -0.2) is 8.42 Å². The van der Waals surface area contributed by atoms with Gasteiger partial charge in [0.25, 0.3) is 0 Å². The van der Waals surface area contributed by atoms with Gasteiger partial charge in [-0.1, -0.05) is 13.8 Å². The Morgan fingerprint density at radius 2 is 2.00 bits per heavy atom. The molecular formula is C7H15NO2S. The molecular weight excluding hydrogens is 162 g/mol. The number of hydrogen-bond acceptors (Lipinski definition) is 3. The van der Waals surface area contributed by atoms with Gasteiger partial charge >= 0.3 is 0 Å². The lowest BCUT2D eigenvalue weighted by atomic mass is 10.3. The van der Waals surface area contributed by atoms with Crippen LogP contribution < -0.4 is 5.73 Å². The lowest BCUT2D eigenvalue weighted by Crippen LogP contribution is -2.10. The Bertz CT molecular complexity index is 235. The maximum absolute atomic E-state index is 11.1. The molecule has 0 saturated carbocycles. The Morgan fingerprint density at radius 1 is 1.55 bits per heavy atom. The molecule has 0 aliphatic heterocycles. The van der Waals surface area contributed by atoms with E-state index in [-0.39, 0.29) is 11.7 Å². The van der Waals surface area contributed by atoms with Gasteiger partial charge in [-0.3, -0.25) is 0 Å². The second kappa shape index (κ2) is 3.76. The van der Waals surface area contributed by atoms with Crippen molar-refractivity contribution in [1.29, 1.82) is 0 Å². The van der Waals surface area contributed by atoms with Crippen molar-refractivity contribution in [2.45, 2.75) is 20.8 Å². The first-order valence-corrected chi connectivity index (χ1v) is 5.21. The summed E-state index contributed by atoms with van der Waals surface area (Å²) in [6.07, 6.45) is 0. The van der Waals surface area contributed by atoms with Crippen LogP contribution in [0.2, 0.25) is 0 Å². The average molecular weight is 177 g/mol. The number of nitrogens with two attached hydrogens (primary N) is 1. The molecule has 0 fully saturated rings. The number of hydrogen-bond donors (Lipinski definition) is 1. The van der Waals surface area contributed by atoms with Gasteiger partial charge in [0.1, 0.15) is 0 Å². The summed E-state index contributed by atoms with van der Waals surface area (Å²) in [7, 11) is -3.07. The standard InChI is InChI=1S/C7H15NO2S/c1-6(2)4-11(9,10)5-7(3)8/h5-6H,4,8H2,1-3H3/b7-5+. The second-order valence-electron chi connectivity index (χ2n) is 3.09. The monoisotopic (exact) mass is 177 g/mol. The maximum atomic E-state index is 11.1. The van der Waals surface area contributed by atoms with Crippen LogP contribution >= 0.6 is 0 Å². The molecule has 3 nitrogen and oxygen atoms in total. The molecule has 0 aliphatic carbocycles. The smallest absolute Gasteiger partial charge is 0.173 e. The van der Waals surface area contributed by atoms with Crippen LogP contribution in [0.4, 0.5) is 0 Å². The van der Waals surface area contributed by atoms with Crippen LogP contribution in [0.5, 0.6) is 0 Å². The molecule has 0 heterocycles. The molecule has 0 aromatic carbocycles. The zero-order valence-electron chi connectivity index (χ0n) is 7.16. The molecule has 0 rings (SSSR count). The SMILES string of the molecule is C/C(N)=C\S(=O)(=O)CC(C)C. The van der Waals surface area contributed by atoms with E-state index < -0.39 is 9.84 Å². The van der Waals surface area contributed by atoms with Crippen molar-refractivity contribution in [3.63, 3.8) is 0 Å². The molecule has 11 heavy (non-hydrogen) atoms. The largest absolute Gasteiger partial charge is 0.402 e. The third kappa shape index (κ3) is 5.91. The number of sulfone groups is 1. The fraction of sp³-hybridized carbons (Fsp3) is 0.714. The molecule has 0 bridgehead atoms. The first-order chi connectivity index (χ1) is 4.83. The van der Waals surface area contributed by atoms with E-state index >= 15 is 0 Å². The fourth-order valence-electron chi connectivity index (χ4n) is 0.796. The van der Waals surface area contributed by atoms with Crippen molar-refractivity contribution >= 4 is 9.84 Å². The summed E-state index contributed by atoms with van der Waals surface area (Å²) in [5.41, 5.74) is 5.57. The van der Waals surface area contributed by atoms with Crippen LogP contribution in [0, 0.1) is 5.92 Å². The number of allylic oxidation sites excluding steroid dienone is 1. The van der Waals surface area contributed by atoms with Gasteiger partial charge in [-0.2, -0.15) is 0 Å². The zero-order valence-corrected chi connectivity index (χ0v) is 7.98. The molecule has 0 aliphatic rings. The topological polar surface area (TPSA) is 60.2 Å². The maximum Gasteiger partial charge on any atom is 0.173 e. The molecule has 66 valence electrons. The van der Waals surface area contributed by atoms with Crippen LogP contribution in [0.3, 0.4) is 0 Å². The first kappa shape index (κ1) is 10.5. The van der Waals surface area contributed by atoms with E-state index in [4.69, 9.17) is 5.73 Å². The highest BCUT2D eigenvalue weighted by Crippen LogP contribution is 2.02. The predicted molar refractivity (Wildman–Crippen MR) is 46.6 cm³/mol. The molecule has 2 N–H and O–H groups in total. The number of rotatable bonds is 3. The summed E-state index contributed by atoms with van der Waals surface area (Å²) in [6, 6.07) is 0. The summed E-state index contributed by atoms with van der Waals surface area (Å²) >= 11 is 0. The summed E-state index contributed by atoms with van der Waals surface area (Å²) in [4.78, 5) is 0. The normalized spacial score (nSPS) is 14.0. The van der Waals surface area contributed by atoms with E-state index in [9.17, 15) is 8.42 Å². The highest BCUT2D eigenvalue weighted by atomic mass is 32.2. The minimum atomic E-state index is -3.07. The van der Waals surface area contributed by atoms with Crippen molar-refractivity contribution in [3.05, 3.63) is 11.1 Å². The minimum Gasteiger partial charge on any atom is -0.402 e. The van der Waals surface area contributed by atoms with E-state index in [0.717, 1.165) is 5.41 Å². The van der Waals surface area contributed by atoms with Crippen LogP contribution in [-0.2, 0) is 9.84 Å². The lowest BCUT2D eigenvalue weighted by Gasteiger charge is -2.01. The van der Waals surface area contributed by atoms with Crippen LogP contribution in [0.25, 0.3) is 0 Å². The quantitative estimate of drug-likeness (QED) is 0.696. The van der Waals surface area contributed by atoms with Crippen LogP contribution in [0.15, 0.2) is 11.1 Å². The molecule has 0 spiro atoms. The predicted octanol–water partition coefficient (Wildman–Crippen LogP) is 0.877. The summed E-state index contributed by atoms with van der Waals surface area (Å²) in [6.45, 7) is 5.28. The molecule has 0 amide bonds. The highest BCUT2D eigenvalue weighted by Gasteiger charge is 2.08. The minimum absolute atomic E-state index is 0.149. The van der Waals surface area contributed by atoms with Crippen LogP contribution in [-0.4, -0.2) is 14.2 Å². The molecule has 0 radical (unpaired) electrons. The molecule has 0 aromatic rings. The highest BCUT2D eigenvalue weighted by molar-refractivity contribution is 7.94. The van der Waals surface area contributed by atoms with E-state index in [1.807, 2.05) is 13.8 Å². The van der Waals surface area contributed by atoms with Crippen molar-refractivity contribution in [2.24, 2.45) is 11.7 Å². The molecule has 0 atom stereocenters. The van der Waals surface area contributed by atoms with Gasteiger partial charge < -0.3 is 5.73 Å². The van der Waals surface area contributed by atoms with Gasteiger partial charge in [0.15, 0.2) is 9.84 Å². The summed E-state index contributed by atoms with van der Waals surface area (Å²) in [5, 5.41) is 1.12. The second-order valence-corrected chi connectivity index (χ2v) is 4.98. The van der Waals surface area contributed by atoms with E-state index in [0.29, 0.717) is 5.70 Å². The van der Waals surface area contributed by atoms with Gasteiger partial charge in [0.2, 0.25) is 0 Å². The average Bonchev–Trinajstić information content (AvgIpc) is 1.53. The molecule has 0 aromatic heterocycles. The molecule has 0 saturated heterocycles. The van der Waals surface area contributed by atoms with E-state index in [2.05, 4.69) is 0 Å². The Hall–Kier alpha value is -0.510. The van der Waals surface area contributed by atoms with Gasteiger partial charge in [-0.05, 0) is 12.8 Å². The zero-order chi connectivity index (χ0) is 9.07. The van der Waals surface area contributed by atoms with Crippen LogP contribution in [0.1, 0.15) is 20.8 Å². The fourth-order valence-corrected chi connectivity index (χ4v) is 2.39. The van der Waals surface area contributed by atoms with Crippen molar-refractivity contribution < 1.29 is 8.42 Å². The third-order valence-electron chi connectivity index (χ3n) is 0.931. The van der Waals surface area contributed by atoms with Crippen molar-refractivity contribution in [2.75, 3.05) is 5.75 Å². The Labute approximate surface area is 68.2 Å². The Kier molecular flexibility index (Phi) is 3.58. The van der Waals surface area contributed by atoms with Crippen molar-refractivity contribution in [3.8, 4) is 0 Å². The van der Waals surface area contributed by atoms with Crippen molar-refractivity contribution in [1.82, 2.24) is 0 Å². The van der Waals surface area contributed by atoms with Gasteiger partial charge in [0, 0.05) is 11.1 Å². The summed E-state index contributed by atoms with van der Waals surface area (Å²) < 4.78 is 22.2. The van der Waals surface area contributed by atoms with Gasteiger partial charge in [0.05, 0.1) is 5.75 Å². The Morgan fingerprint density at radius 3 is 2.27 bits per heavy atom. The Balaban J connectivity index is 4.38. The summed E-state index contributed by atoms with van der Waals surface area (Å²) in [5.74, 6) is 0.317.